The molecule has 0 atom stereocenters. The van der Waals surface area contributed by atoms with Gasteiger partial charge in [-0.25, -0.2) is 14.4 Å². The molecular weight excluding hydrogens is 296 g/mol. The summed E-state index contributed by atoms with van der Waals surface area (Å²) >= 11 is 0. The average molecular weight is 312 g/mol. The van der Waals surface area contributed by atoms with Gasteiger partial charge in [0.25, 0.3) is 0 Å². The highest BCUT2D eigenvalue weighted by Crippen LogP contribution is 2.17. The molecule has 0 saturated heterocycles. The van der Waals surface area contributed by atoms with E-state index in [4.69, 9.17) is 25.2 Å². The van der Waals surface area contributed by atoms with Crippen molar-refractivity contribution >= 4 is 17.9 Å². The van der Waals surface area contributed by atoms with Gasteiger partial charge in [0, 0.05) is 5.41 Å². The Bertz CT molecular complexity index is 589. The van der Waals surface area contributed by atoms with Gasteiger partial charge in [-0.05, 0) is 18.2 Å². The van der Waals surface area contributed by atoms with Crippen LogP contribution in [0.25, 0.3) is 0 Å². The van der Waals surface area contributed by atoms with Crippen molar-refractivity contribution in [1.29, 1.82) is 0 Å². The normalized spacial score (nSPS) is 11.0. The zero-order chi connectivity index (χ0) is 16.9. The van der Waals surface area contributed by atoms with Crippen LogP contribution in [0.4, 0.5) is 0 Å². The zero-order valence-corrected chi connectivity index (χ0v) is 11.8. The number of carbonyl (C=O) groups excluding carboxylic acids is 1. The molecule has 0 aliphatic carbocycles. The average Bonchev–Trinajstić information content (AvgIpc) is 2.51. The van der Waals surface area contributed by atoms with Gasteiger partial charge < -0.3 is 25.2 Å². The fourth-order valence-corrected chi connectivity index (χ4v) is 1.50. The van der Waals surface area contributed by atoms with Gasteiger partial charge in [0.05, 0.1) is 29.9 Å². The number of hydrogen-bond acceptors (Lipinski definition) is 6. The first-order valence-electron chi connectivity index (χ1n) is 6.23. The van der Waals surface area contributed by atoms with Crippen molar-refractivity contribution in [2.24, 2.45) is 5.41 Å². The second kappa shape index (κ2) is 7.01. The van der Waals surface area contributed by atoms with Crippen LogP contribution in [0.2, 0.25) is 0 Å². The minimum Gasteiger partial charge on any atom is -0.478 e. The minimum atomic E-state index is -1.48. The molecule has 22 heavy (non-hydrogen) atoms. The summed E-state index contributed by atoms with van der Waals surface area (Å²) in [5.41, 5.74) is -2.14. The van der Waals surface area contributed by atoms with E-state index in [1.807, 2.05) is 0 Å². The summed E-state index contributed by atoms with van der Waals surface area (Å²) in [6.07, 6.45) is 0. The summed E-state index contributed by atoms with van der Waals surface area (Å²) in [6, 6.07) is 3.04. The number of aliphatic hydroxyl groups excluding tert-OH is 2. The summed E-state index contributed by atoms with van der Waals surface area (Å²) in [7, 11) is 0. The number of carboxylic acid groups (broad SMARTS) is 2. The molecule has 1 rings (SSSR count). The van der Waals surface area contributed by atoms with E-state index in [-0.39, 0.29) is 12.2 Å². The molecular formula is C14H16O8. The number of carboxylic acids is 2. The third-order valence-electron chi connectivity index (χ3n) is 3.03. The smallest absolute Gasteiger partial charge is 0.338 e. The SMILES string of the molecule is CC(CO)(CO)COC(=O)c1ccc(C(=O)O)c(C(=O)O)c1. The molecule has 8 heteroatoms. The third kappa shape index (κ3) is 4.03. The topological polar surface area (TPSA) is 141 Å². The highest BCUT2D eigenvalue weighted by Gasteiger charge is 2.26. The molecule has 0 spiro atoms. The van der Waals surface area contributed by atoms with Crippen molar-refractivity contribution in [2.75, 3.05) is 19.8 Å². The van der Waals surface area contributed by atoms with Crippen LogP contribution in [0.3, 0.4) is 0 Å². The number of carbonyl (C=O) groups is 3. The molecule has 0 radical (unpaired) electrons. The van der Waals surface area contributed by atoms with Gasteiger partial charge in [-0.15, -0.1) is 0 Å². The van der Waals surface area contributed by atoms with Crippen LogP contribution in [-0.4, -0.2) is 58.2 Å². The lowest BCUT2D eigenvalue weighted by molar-refractivity contribution is -0.00629. The Balaban J connectivity index is 2.98. The molecule has 0 heterocycles. The Labute approximate surface area is 125 Å². The maximum absolute atomic E-state index is 11.9. The van der Waals surface area contributed by atoms with Gasteiger partial charge in [0.15, 0.2) is 0 Å². The van der Waals surface area contributed by atoms with Crippen molar-refractivity contribution in [2.45, 2.75) is 6.92 Å². The predicted octanol–water partition coefficient (Wildman–Crippen LogP) is 0.231. The Kier molecular flexibility index (Phi) is 5.61. The van der Waals surface area contributed by atoms with E-state index < -0.39 is 47.7 Å². The first-order chi connectivity index (χ1) is 10.2. The number of aromatic carboxylic acids is 2. The molecule has 4 N–H and O–H groups in total. The van der Waals surface area contributed by atoms with Crippen molar-refractivity contribution in [1.82, 2.24) is 0 Å². The van der Waals surface area contributed by atoms with Crippen LogP contribution < -0.4 is 0 Å². The molecule has 1 aromatic rings. The van der Waals surface area contributed by atoms with Crippen molar-refractivity contribution < 1.29 is 39.5 Å². The van der Waals surface area contributed by atoms with Gasteiger partial charge in [0.1, 0.15) is 6.61 Å². The standard InChI is InChI=1S/C14H16O8/c1-14(5-15,6-16)7-22-13(21)8-2-3-9(11(17)18)10(4-8)12(19)20/h2-4,15-16H,5-7H2,1H3,(H,17,18)(H,19,20). The van der Waals surface area contributed by atoms with E-state index in [0.717, 1.165) is 18.2 Å². The molecule has 0 saturated carbocycles. The number of esters is 1. The number of benzene rings is 1. The first kappa shape index (κ1) is 17.6. The maximum atomic E-state index is 11.9. The van der Waals surface area contributed by atoms with Crippen LogP contribution in [0, 0.1) is 5.41 Å². The van der Waals surface area contributed by atoms with Crippen molar-refractivity contribution in [3.8, 4) is 0 Å². The van der Waals surface area contributed by atoms with Crippen molar-refractivity contribution in [3.63, 3.8) is 0 Å². The second-order valence-corrected chi connectivity index (χ2v) is 5.07. The molecule has 120 valence electrons. The van der Waals surface area contributed by atoms with E-state index in [1.54, 1.807) is 0 Å². The van der Waals surface area contributed by atoms with Gasteiger partial charge in [-0.1, -0.05) is 6.92 Å². The second-order valence-electron chi connectivity index (χ2n) is 5.07. The molecule has 0 unspecified atom stereocenters. The van der Waals surface area contributed by atoms with E-state index in [1.165, 1.54) is 6.92 Å². The van der Waals surface area contributed by atoms with Gasteiger partial charge in [-0.3, -0.25) is 0 Å². The Morgan fingerprint density at radius 1 is 1.05 bits per heavy atom. The van der Waals surface area contributed by atoms with Crippen LogP contribution >= 0.6 is 0 Å². The van der Waals surface area contributed by atoms with Crippen LogP contribution in [0.1, 0.15) is 38.0 Å². The zero-order valence-electron chi connectivity index (χ0n) is 11.8. The number of hydrogen-bond donors (Lipinski definition) is 4. The van der Waals surface area contributed by atoms with Crippen LogP contribution in [0.15, 0.2) is 18.2 Å². The molecule has 1 aromatic carbocycles. The number of aliphatic hydroxyl groups is 2. The fourth-order valence-electron chi connectivity index (χ4n) is 1.50. The third-order valence-corrected chi connectivity index (χ3v) is 3.03. The summed E-state index contributed by atoms with van der Waals surface area (Å²) in [5, 5.41) is 36.0. The largest absolute Gasteiger partial charge is 0.478 e. The molecule has 0 aromatic heterocycles. The molecule has 0 amide bonds. The molecule has 0 bridgehead atoms. The summed E-state index contributed by atoms with van der Waals surface area (Å²) in [6.45, 7) is 0.405. The van der Waals surface area contributed by atoms with E-state index in [2.05, 4.69) is 0 Å². The Morgan fingerprint density at radius 3 is 2.05 bits per heavy atom. The Hall–Kier alpha value is -2.45. The molecule has 0 aliphatic heterocycles. The van der Waals surface area contributed by atoms with Crippen LogP contribution in [-0.2, 0) is 4.74 Å². The van der Waals surface area contributed by atoms with Crippen LogP contribution in [0.5, 0.6) is 0 Å². The predicted molar refractivity (Wildman–Crippen MR) is 72.9 cm³/mol. The van der Waals surface area contributed by atoms with E-state index >= 15 is 0 Å². The number of rotatable bonds is 7. The lowest BCUT2D eigenvalue weighted by Crippen LogP contribution is -2.32. The highest BCUT2D eigenvalue weighted by molar-refractivity contribution is 6.03. The maximum Gasteiger partial charge on any atom is 0.338 e. The van der Waals surface area contributed by atoms with Gasteiger partial charge >= 0.3 is 17.9 Å². The molecule has 0 aliphatic rings. The first-order valence-corrected chi connectivity index (χ1v) is 6.23. The summed E-state index contributed by atoms with van der Waals surface area (Å²) in [5.74, 6) is -3.79. The van der Waals surface area contributed by atoms with Crippen molar-refractivity contribution in [3.05, 3.63) is 34.9 Å². The quantitative estimate of drug-likeness (QED) is 0.524. The number of ether oxygens (including phenoxy) is 1. The lowest BCUT2D eigenvalue weighted by Gasteiger charge is -2.23. The Morgan fingerprint density at radius 2 is 1.59 bits per heavy atom. The van der Waals surface area contributed by atoms with E-state index in [9.17, 15) is 14.4 Å². The minimum absolute atomic E-state index is 0.138. The van der Waals surface area contributed by atoms with E-state index in [0.29, 0.717) is 0 Å². The summed E-state index contributed by atoms with van der Waals surface area (Å²) < 4.78 is 4.91. The van der Waals surface area contributed by atoms with Gasteiger partial charge in [-0.2, -0.15) is 0 Å². The molecule has 0 fully saturated rings. The fraction of sp³-hybridized carbons (Fsp3) is 0.357. The lowest BCUT2D eigenvalue weighted by atomic mass is 9.94. The molecule has 8 nitrogen and oxygen atoms in total. The monoisotopic (exact) mass is 312 g/mol. The highest BCUT2D eigenvalue weighted by atomic mass is 16.5. The van der Waals surface area contributed by atoms with Gasteiger partial charge in [0.2, 0.25) is 0 Å². The summed E-state index contributed by atoms with van der Waals surface area (Å²) in [4.78, 5) is 33.8.